The standard InChI is InChI=1S/C6H10N2O2/c1-3-10-6(9)8(2)5-4-7/h3,5H2,1-2H3. The molecular weight excluding hydrogens is 132 g/mol. The molecular formula is C6H10N2O2. The average molecular weight is 142 g/mol. The zero-order valence-electron chi connectivity index (χ0n) is 6.13. The predicted octanol–water partition coefficient (Wildman–Crippen LogP) is 0.598. The van der Waals surface area contributed by atoms with Crippen LogP contribution in [0.2, 0.25) is 0 Å². The van der Waals surface area contributed by atoms with Crippen molar-refractivity contribution in [2.75, 3.05) is 20.2 Å². The summed E-state index contributed by atoms with van der Waals surface area (Å²) in [5.41, 5.74) is 0. The zero-order valence-corrected chi connectivity index (χ0v) is 6.13. The van der Waals surface area contributed by atoms with Crippen molar-refractivity contribution in [2.24, 2.45) is 0 Å². The topological polar surface area (TPSA) is 53.3 Å². The van der Waals surface area contributed by atoms with Crippen molar-refractivity contribution < 1.29 is 9.53 Å². The molecule has 0 atom stereocenters. The van der Waals surface area contributed by atoms with Gasteiger partial charge in [0.1, 0.15) is 6.54 Å². The maximum Gasteiger partial charge on any atom is 0.410 e. The lowest BCUT2D eigenvalue weighted by molar-refractivity contribution is 0.120. The molecule has 0 aliphatic carbocycles. The number of nitriles is 1. The van der Waals surface area contributed by atoms with E-state index in [4.69, 9.17) is 5.26 Å². The average Bonchev–Trinajstić information content (AvgIpc) is 1.89. The fourth-order valence-electron chi connectivity index (χ4n) is 0.404. The highest BCUT2D eigenvalue weighted by Crippen LogP contribution is 1.87. The summed E-state index contributed by atoms with van der Waals surface area (Å²) in [6.45, 7) is 2.13. The van der Waals surface area contributed by atoms with E-state index in [2.05, 4.69) is 4.74 Å². The van der Waals surface area contributed by atoms with Gasteiger partial charge >= 0.3 is 6.09 Å². The van der Waals surface area contributed by atoms with Crippen LogP contribution in [0.1, 0.15) is 6.92 Å². The van der Waals surface area contributed by atoms with Gasteiger partial charge in [0.15, 0.2) is 0 Å². The molecule has 0 N–H and O–H groups in total. The highest BCUT2D eigenvalue weighted by atomic mass is 16.5. The Hall–Kier alpha value is -1.24. The van der Waals surface area contributed by atoms with E-state index in [0.717, 1.165) is 0 Å². The molecule has 4 nitrogen and oxygen atoms in total. The monoisotopic (exact) mass is 142 g/mol. The smallest absolute Gasteiger partial charge is 0.410 e. The molecule has 0 spiro atoms. The minimum atomic E-state index is -0.455. The normalized spacial score (nSPS) is 8.10. The molecule has 0 bridgehead atoms. The lowest BCUT2D eigenvalue weighted by Gasteiger charge is -2.11. The number of rotatable bonds is 2. The van der Waals surface area contributed by atoms with Crippen LogP contribution in [-0.4, -0.2) is 31.2 Å². The van der Waals surface area contributed by atoms with Crippen molar-refractivity contribution in [2.45, 2.75) is 6.92 Å². The first kappa shape index (κ1) is 8.76. The Morgan fingerprint density at radius 2 is 2.40 bits per heavy atom. The third-order valence-corrected chi connectivity index (χ3v) is 0.887. The molecule has 1 amide bonds. The fourth-order valence-corrected chi connectivity index (χ4v) is 0.404. The summed E-state index contributed by atoms with van der Waals surface area (Å²) in [4.78, 5) is 11.9. The lowest BCUT2D eigenvalue weighted by Crippen LogP contribution is -2.27. The second-order valence-electron chi connectivity index (χ2n) is 1.71. The van der Waals surface area contributed by atoms with Crippen LogP contribution in [0.15, 0.2) is 0 Å². The Balaban J connectivity index is 3.62. The summed E-state index contributed by atoms with van der Waals surface area (Å²) in [6, 6.07) is 1.83. The van der Waals surface area contributed by atoms with Gasteiger partial charge in [-0.15, -0.1) is 0 Å². The van der Waals surface area contributed by atoms with Crippen LogP contribution in [0.25, 0.3) is 0 Å². The minimum Gasteiger partial charge on any atom is -0.450 e. The Labute approximate surface area is 60.0 Å². The molecule has 0 aromatic heterocycles. The summed E-state index contributed by atoms with van der Waals surface area (Å²) in [7, 11) is 1.52. The van der Waals surface area contributed by atoms with Gasteiger partial charge in [-0.25, -0.2) is 4.79 Å². The molecule has 10 heavy (non-hydrogen) atoms. The van der Waals surface area contributed by atoms with E-state index < -0.39 is 6.09 Å². The van der Waals surface area contributed by atoms with Crippen molar-refractivity contribution >= 4 is 6.09 Å². The van der Waals surface area contributed by atoms with Crippen LogP contribution in [0, 0.1) is 11.3 Å². The SMILES string of the molecule is CCOC(=O)N(C)CC#N. The van der Waals surface area contributed by atoms with Crippen molar-refractivity contribution in [1.82, 2.24) is 4.90 Å². The molecule has 0 saturated heterocycles. The molecule has 0 aromatic rings. The van der Waals surface area contributed by atoms with Crippen LogP contribution in [-0.2, 0) is 4.74 Å². The molecule has 0 aromatic carbocycles. The Kier molecular flexibility index (Phi) is 4.05. The van der Waals surface area contributed by atoms with E-state index in [0.29, 0.717) is 6.61 Å². The maximum absolute atomic E-state index is 10.7. The van der Waals surface area contributed by atoms with E-state index in [1.54, 1.807) is 6.92 Å². The maximum atomic E-state index is 10.7. The third kappa shape index (κ3) is 2.92. The predicted molar refractivity (Wildman–Crippen MR) is 35.3 cm³/mol. The molecule has 0 heterocycles. The summed E-state index contributed by atoms with van der Waals surface area (Å²) >= 11 is 0. The lowest BCUT2D eigenvalue weighted by atomic mass is 10.6. The van der Waals surface area contributed by atoms with E-state index in [1.807, 2.05) is 6.07 Å². The van der Waals surface area contributed by atoms with Gasteiger partial charge in [0, 0.05) is 7.05 Å². The van der Waals surface area contributed by atoms with Gasteiger partial charge in [0.05, 0.1) is 12.7 Å². The van der Waals surface area contributed by atoms with Gasteiger partial charge in [-0.3, -0.25) is 4.90 Å². The number of amides is 1. The summed E-state index contributed by atoms with van der Waals surface area (Å²) < 4.78 is 4.59. The molecule has 4 heteroatoms. The Morgan fingerprint density at radius 3 is 2.80 bits per heavy atom. The molecule has 0 saturated carbocycles. The molecule has 0 rings (SSSR count). The molecule has 0 aliphatic rings. The van der Waals surface area contributed by atoms with Gasteiger partial charge in [-0.1, -0.05) is 0 Å². The summed E-state index contributed by atoms with van der Waals surface area (Å²) in [5.74, 6) is 0. The summed E-state index contributed by atoms with van der Waals surface area (Å²) in [6.07, 6.45) is -0.455. The first-order valence-electron chi connectivity index (χ1n) is 2.97. The first-order chi connectivity index (χ1) is 4.72. The summed E-state index contributed by atoms with van der Waals surface area (Å²) in [5, 5.41) is 8.15. The van der Waals surface area contributed by atoms with Crippen molar-refractivity contribution in [1.29, 1.82) is 5.26 Å². The number of ether oxygens (including phenoxy) is 1. The Morgan fingerprint density at radius 1 is 1.80 bits per heavy atom. The third-order valence-electron chi connectivity index (χ3n) is 0.887. The molecule has 0 fully saturated rings. The highest BCUT2D eigenvalue weighted by Gasteiger charge is 2.06. The van der Waals surface area contributed by atoms with Crippen LogP contribution >= 0.6 is 0 Å². The van der Waals surface area contributed by atoms with E-state index in [1.165, 1.54) is 11.9 Å². The Bertz CT molecular complexity index is 150. The van der Waals surface area contributed by atoms with Crippen LogP contribution in [0.5, 0.6) is 0 Å². The number of hydrogen-bond acceptors (Lipinski definition) is 3. The molecule has 0 aliphatic heterocycles. The highest BCUT2D eigenvalue weighted by molar-refractivity contribution is 5.67. The van der Waals surface area contributed by atoms with Crippen molar-refractivity contribution in [3.8, 4) is 6.07 Å². The van der Waals surface area contributed by atoms with Crippen LogP contribution in [0.3, 0.4) is 0 Å². The van der Waals surface area contributed by atoms with Crippen molar-refractivity contribution in [3.63, 3.8) is 0 Å². The van der Waals surface area contributed by atoms with Gasteiger partial charge in [-0.2, -0.15) is 5.26 Å². The molecule has 0 radical (unpaired) electrons. The number of carbonyl (C=O) groups is 1. The van der Waals surface area contributed by atoms with Gasteiger partial charge in [-0.05, 0) is 6.92 Å². The first-order valence-corrected chi connectivity index (χ1v) is 2.97. The van der Waals surface area contributed by atoms with Gasteiger partial charge in [0.25, 0.3) is 0 Å². The van der Waals surface area contributed by atoms with Crippen LogP contribution < -0.4 is 0 Å². The number of hydrogen-bond donors (Lipinski definition) is 0. The number of nitrogens with zero attached hydrogens (tertiary/aromatic N) is 2. The van der Waals surface area contributed by atoms with Gasteiger partial charge in [0.2, 0.25) is 0 Å². The zero-order chi connectivity index (χ0) is 7.98. The van der Waals surface area contributed by atoms with E-state index >= 15 is 0 Å². The van der Waals surface area contributed by atoms with E-state index in [9.17, 15) is 4.79 Å². The number of carbonyl (C=O) groups excluding carboxylic acids is 1. The van der Waals surface area contributed by atoms with Crippen molar-refractivity contribution in [3.05, 3.63) is 0 Å². The second kappa shape index (κ2) is 4.62. The van der Waals surface area contributed by atoms with Gasteiger partial charge < -0.3 is 4.74 Å². The molecule has 56 valence electrons. The van der Waals surface area contributed by atoms with Crippen LogP contribution in [0.4, 0.5) is 4.79 Å². The van der Waals surface area contributed by atoms with E-state index in [-0.39, 0.29) is 6.54 Å². The quantitative estimate of drug-likeness (QED) is 0.530. The largest absolute Gasteiger partial charge is 0.450 e. The second-order valence-corrected chi connectivity index (χ2v) is 1.71. The minimum absolute atomic E-state index is 0.0683. The molecule has 0 unspecified atom stereocenters. The fraction of sp³-hybridized carbons (Fsp3) is 0.667.